The van der Waals surface area contributed by atoms with Gasteiger partial charge in [0.1, 0.15) is 28.0 Å². The lowest BCUT2D eigenvalue weighted by atomic mass is 10.2. The second-order valence-electron chi connectivity index (χ2n) is 6.25. The molecule has 6 nitrogen and oxygen atoms in total. The Morgan fingerprint density at radius 3 is 1.97 bits per heavy atom. The molecule has 0 aliphatic carbocycles. The molecule has 0 aliphatic rings. The maximum atomic E-state index is 12.8. The Morgan fingerprint density at radius 2 is 1.44 bits per heavy atom. The molecule has 16 heteroatoms. The lowest BCUT2D eigenvalue weighted by Crippen LogP contribution is -2.22. The van der Waals surface area contributed by atoms with E-state index in [4.69, 9.17) is 0 Å². The first-order chi connectivity index (χ1) is 15.4. The van der Waals surface area contributed by atoms with Gasteiger partial charge >= 0.3 is 28.6 Å². The van der Waals surface area contributed by atoms with Crippen LogP contribution in [0.2, 0.25) is 0 Å². The van der Waals surface area contributed by atoms with Gasteiger partial charge in [-0.3, -0.25) is 0 Å². The minimum absolute atomic E-state index is 0.278. The molecule has 0 unspecified atom stereocenters. The fraction of sp³-hybridized carbons (Fsp3) is 0.278. The molecule has 0 amide bonds. The zero-order valence-electron chi connectivity index (χ0n) is 16.2. The Bertz CT molecular complexity index is 1180. The van der Waals surface area contributed by atoms with Crippen molar-refractivity contribution >= 4 is 10.1 Å². The highest BCUT2D eigenvalue weighted by Crippen LogP contribution is 2.38. The Morgan fingerprint density at radius 1 is 0.853 bits per heavy atom. The van der Waals surface area contributed by atoms with E-state index in [9.17, 15) is 53.2 Å². The van der Waals surface area contributed by atoms with Crippen LogP contribution in [-0.2, 0) is 16.3 Å². The summed E-state index contributed by atoms with van der Waals surface area (Å²) >= 11 is 0. The van der Waals surface area contributed by atoms with Crippen LogP contribution in [0.5, 0.6) is 17.2 Å². The smallest absolute Gasteiger partial charge is 0.422 e. The van der Waals surface area contributed by atoms with Gasteiger partial charge in [0.2, 0.25) is 0 Å². The first-order valence-electron chi connectivity index (χ1n) is 8.51. The highest BCUT2D eigenvalue weighted by Gasteiger charge is 2.35. The monoisotopic (exact) mass is 523 g/mol. The van der Waals surface area contributed by atoms with Crippen LogP contribution in [0, 0.1) is 11.3 Å². The molecule has 0 heterocycles. The zero-order chi connectivity index (χ0) is 25.9. The lowest BCUT2D eigenvalue weighted by molar-refractivity contribution is -0.154. The molecule has 0 bridgehead atoms. The summed E-state index contributed by atoms with van der Waals surface area (Å²) in [5.41, 5.74) is -2.47. The van der Waals surface area contributed by atoms with Crippen molar-refractivity contribution in [2.75, 3.05) is 13.2 Å². The van der Waals surface area contributed by atoms with Crippen LogP contribution in [-0.4, -0.2) is 34.0 Å². The topological polar surface area (TPSA) is 85.6 Å². The summed E-state index contributed by atoms with van der Waals surface area (Å²) in [4.78, 5) is -1.27. The van der Waals surface area contributed by atoms with E-state index in [-0.39, 0.29) is 6.07 Å². The first kappa shape index (κ1) is 26.9. The van der Waals surface area contributed by atoms with Crippen LogP contribution >= 0.6 is 0 Å². The van der Waals surface area contributed by atoms with Gasteiger partial charge in [-0.05, 0) is 30.3 Å². The molecule has 0 N–H and O–H groups in total. The molecule has 0 atom stereocenters. The van der Waals surface area contributed by atoms with Crippen molar-refractivity contribution in [3.8, 4) is 23.3 Å². The third-order valence-corrected chi connectivity index (χ3v) is 4.88. The molecule has 0 spiro atoms. The summed E-state index contributed by atoms with van der Waals surface area (Å²) in [6, 6.07) is 4.55. The van der Waals surface area contributed by atoms with E-state index in [1.807, 2.05) is 0 Å². The molecule has 0 saturated carbocycles. The average Bonchev–Trinajstić information content (AvgIpc) is 2.68. The minimum atomic E-state index is -5.26. The number of benzene rings is 2. The highest BCUT2D eigenvalue weighted by molar-refractivity contribution is 7.87. The normalized spacial score (nSPS) is 12.7. The minimum Gasteiger partial charge on any atom is -0.483 e. The SMILES string of the molecule is N#Cc1c(OCC(F)(F)F)ccc(S(=O)(=O)Oc2cccc(C(F)(F)F)c2)c1OCC(F)(F)F. The second-order valence-corrected chi connectivity index (χ2v) is 7.76. The van der Waals surface area contributed by atoms with Crippen molar-refractivity contribution in [1.29, 1.82) is 5.26 Å². The van der Waals surface area contributed by atoms with Gasteiger partial charge in [0.05, 0.1) is 5.56 Å². The van der Waals surface area contributed by atoms with Crippen molar-refractivity contribution in [1.82, 2.24) is 0 Å². The van der Waals surface area contributed by atoms with Crippen molar-refractivity contribution < 1.29 is 61.6 Å². The molecule has 0 aromatic heterocycles. The number of nitrogens with zero attached hydrogens (tertiary/aromatic N) is 1. The first-order valence-corrected chi connectivity index (χ1v) is 9.92. The molecule has 0 fully saturated rings. The van der Waals surface area contributed by atoms with Gasteiger partial charge in [-0.15, -0.1) is 0 Å². The van der Waals surface area contributed by atoms with E-state index in [2.05, 4.69) is 13.7 Å². The van der Waals surface area contributed by atoms with E-state index in [1.165, 1.54) is 6.07 Å². The van der Waals surface area contributed by atoms with E-state index in [1.54, 1.807) is 0 Å². The maximum Gasteiger partial charge on any atom is 0.422 e. The molecule has 2 rings (SSSR count). The Kier molecular flexibility index (Phi) is 7.51. The quantitative estimate of drug-likeness (QED) is 0.365. The van der Waals surface area contributed by atoms with Crippen LogP contribution < -0.4 is 13.7 Å². The number of alkyl halides is 9. The summed E-state index contributed by atoms with van der Waals surface area (Å²) in [6.45, 7) is -4.15. The van der Waals surface area contributed by atoms with E-state index < -0.39 is 75.1 Å². The van der Waals surface area contributed by atoms with Gasteiger partial charge in [-0.1, -0.05) is 6.07 Å². The predicted molar refractivity (Wildman–Crippen MR) is 93.5 cm³/mol. The molecule has 0 radical (unpaired) electrons. The van der Waals surface area contributed by atoms with Crippen LogP contribution in [0.3, 0.4) is 0 Å². The molecule has 2 aromatic carbocycles. The molecule has 0 saturated heterocycles. The van der Waals surface area contributed by atoms with Crippen molar-refractivity contribution in [3.63, 3.8) is 0 Å². The van der Waals surface area contributed by atoms with E-state index in [0.717, 1.165) is 12.1 Å². The van der Waals surface area contributed by atoms with E-state index >= 15 is 0 Å². The number of halogens is 9. The summed E-state index contributed by atoms with van der Waals surface area (Å²) in [5.74, 6) is -3.23. The molecule has 34 heavy (non-hydrogen) atoms. The maximum absolute atomic E-state index is 12.8. The summed E-state index contributed by atoms with van der Waals surface area (Å²) < 4.78 is 152. The Hall–Kier alpha value is -3.35. The van der Waals surface area contributed by atoms with Crippen molar-refractivity contribution in [3.05, 3.63) is 47.5 Å². The molecule has 2 aromatic rings. The molecular formula is C18H10F9NO5S. The van der Waals surface area contributed by atoms with Gasteiger partial charge in [0, 0.05) is 0 Å². The number of rotatable bonds is 7. The zero-order valence-corrected chi connectivity index (χ0v) is 17.0. The van der Waals surface area contributed by atoms with Gasteiger partial charge in [-0.2, -0.15) is 53.2 Å². The largest absolute Gasteiger partial charge is 0.483 e. The number of hydrogen-bond donors (Lipinski definition) is 0. The van der Waals surface area contributed by atoms with Crippen LogP contribution in [0.25, 0.3) is 0 Å². The third-order valence-electron chi connectivity index (χ3n) is 3.60. The second kappa shape index (κ2) is 9.49. The lowest BCUT2D eigenvalue weighted by Gasteiger charge is -2.18. The summed E-state index contributed by atoms with van der Waals surface area (Å²) in [7, 11) is -5.26. The van der Waals surface area contributed by atoms with Crippen molar-refractivity contribution in [2.45, 2.75) is 23.4 Å². The summed E-state index contributed by atoms with van der Waals surface area (Å²) in [5, 5.41) is 9.23. The Balaban J connectivity index is 2.56. The predicted octanol–water partition coefficient (Wildman–Crippen LogP) is 5.23. The van der Waals surface area contributed by atoms with Crippen LogP contribution in [0.1, 0.15) is 11.1 Å². The Labute approximate surface area is 185 Å². The van der Waals surface area contributed by atoms with E-state index in [0.29, 0.717) is 18.2 Å². The fourth-order valence-electron chi connectivity index (χ4n) is 2.32. The number of hydrogen-bond acceptors (Lipinski definition) is 6. The van der Waals surface area contributed by atoms with Crippen LogP contribution in [0.4, 0.5) is 39.5 Å². The highest BCUT2D eigenvalue weighted by atomic mass is 32.2. The van der Waals surface area contributed by atoms with Gasteiger partial charge in [-0.25, -0.2) is 0 Å². The molecule has 186 valence electrons. The summed E-state index contributed by atoms with van der Waals surface area (Å²) in [6.07, 6.45) is -14.9. The van der Waals surface area contributed by atoms with Crippen molar-refractivity contribution in [2.24, 2.45) is 0 Å². The number of ether oxygens (including phenoxy) is 2. The number of nitriles is 1. The van der Waals surface area contributed by atoms with Gasteiger partial charge in [0.15, 0.2) is 19.0 Å². The van der Waals surface area contributed by atoms with Gasteiger partial charge in [0.25, 0.3) is 0 Å². The molecular weight excluding hydrogens is 513 g/mol. The average molecular weight is 523 g/mol. The standard InChI is InChI=1S/C18H10F9NO5S/c19-16(20,21)8-31-13-4-5-14(15(12(13)7-28)32-9-17(22,23)24)34(29,30)33-11-3-1-2-10(6-11)18(25,26)27/h1-6H,8-9H2. The molecule has 0 aliphatic heterocycles. The fourth-order valence-corrected chi connectivity index (χ4v) is 3.39. The third kappa shape index (κ3) is 7.33. The van der Waals surface area contributed by atoms with Gasteiger partial charge < -0.3 is 13.7 Å². The van der Waals surface area contributed by atoms with Crippen LogP contribution in [0.15, 0.2) is 41.3 Å².